The maximum absolute atomic E-state index is 12.7. The number of carbonyl (C=O) groups is 1. The summed E-state index contributed by atoms with van der Waals surface area (Å²) in [6.07, 6.45) is 5.64. The smallest absolute Gasteiger partial charge is 0.223 e. The molecule has 2 bridgehead atoms. The highest BCUT2D eigenvalue weighted by molar-refractivity contribution is 5.79. The number of benzene rings is 1. The van der Waals surface area contributed by atoms with Gasteiger partial charge in [0.05, 0.1) is 6.04 Å². The Morgan fingerprint density at radius 3 is 2.43 bits per heavy atom. The minimum absolute atomic E-state index is 0.0669. The molecule has 1 aromatic rings. The molecule has 126 valence electrons. The van der Waals surface area contributed by atoms with Crippen LogP contribution in [0.5, 0.6) is 0 Å². The van der Waals surface area contributed by atoms with Crippen LogP contribution in [0, 0.1) is 31.6 Å². The van der Waals surface area contributed by atoms with Gasteiger partial charge in [0.2, 0.25) is 5.91 Å². The van der Waals surface area contributed by atoms with E-state index in [-0.39, 0.29) is 17.9 Å². The van der Waals surface area contributed by atoms with Gasteiger partial charge in [0, 0.05) is 12.0 Å². The van der Waals surface area contributed by atoms with Crippen LogP contribution in [0.3, 0.4) is 0 Å². The summed E-state index contributed by atoms with van der Waals surface area (Å²) in [6.45, 7) is 6.32. The molecule has 1 aromatic carbocycles. The zero-order chi connectivity index (χ0) is 16.6. The molecule has 3 nitrogen and oxygen atoms in total. The van der Waals surface area contributed by atoms with Crippen LogP contribution in [-0.2, 0) is 4.79 Å². The summed E-state index contributed by atoms with van der Waals surface area (Å²) >= 11 is 0. The Labute approximate surface area is 140 Å². The summed E-state index contributed by atoms with van der Waals surface area (Å²) in [5.74, 6) is 1.48. The summed E-state index contributed by atoms with van der Waals surface area (Å²) in [5, 5.41) is 3.24. The van der Waals surface area contributed by atoms with Crippen LogP contribution in [0.4, 0.5) is 0 Å². The van der Waals surface area contributed by atoms with E-state index in [1.54, 1.807) is 0 Å². The number of rotatable bonds is 3. The van der Waals surface area contributed by atoms with Crippen molar-refractivity contribution in [3.05, 3.63) is 34.9 Å². The Balaban J connectivity index is 1.63. The molecule has 2 aliphatic carbocycles. The minimum atomic E-state index is 0.0669. The average molecular weight is 314 g/mol. The van der Waals surface area contributed by atoms with Crippen molar-refractivity contribution >= 4 is 5.91 Å². The maximum atomic E-state index is 12.7. The van der Waals surface area contributed by atoms with Crippen molar-refractivity contribution in [2.24, 2.45) is 23.5 Å². The molecule has 23 heavy (non-hydrogen) atoms. The van der Waals surface area contributed by atoms with Crippen LogP contribution < -0.4 is 11.1 Å². The number of fused-ring (bicyclic) bond motifs is 2. The number of aryl methyl sites for hydroxylation is 2. The van der Waals surface area contributed by atoms with Gasteiger partial charge in [-0.05, 0) is 75.0 Å². The van der Waals surface area contributed by atoms with Crippen molar-refractivity contribution in [3.63, 3.8) is 0 Å². The molecule has 0 saturated heterocycles. The second-order valence-electron chi connectivity index (χ2n) is 7.77. The van der Waals surface area contributed by atoms with E-state index in [0.29, 0.717) is 17.9 Å². The molecule has 0 radical (unpaired) electrons. The standard InChI is InChI=1S/C20H30N2O/c1-12-7-8-15(9-13(12)2)14(3)22-20(23)18-10-16-5-4-6-17(11-18)19(16)21/h7-9,14,16-19H,4-6,10-11,21H2,1-3H3,(H,22,23). The SMILES string of the molecule is Cc1ccc(C(C)NC(=O)C2CC3CCCC(C2)C3N)cc1C. The van der Waals surface area contributed by atoms with E-state index in [1.165, 1.54) is 36.0 Å². The number of hydrogen-bond acceptors (Lipinski definition) is 2. The van der Waals surface area contributed by atoms with Gasteiger partial charge in [0.1, 0.15) is 0 Å². The number of amides is 1. The molecule has 0 spiro atoms. The van der Waals surface area contributed by atoms with Gasteiger partial charge < -0.3 is 11.1 Å². The number of nitrogens with two attached hydrogens (primary N) is 1. The van der Waals surface area contributed by atoms with Gasteiger partial charge in [-0.15, -0.1) is 0 Å². The van der Waals surface area contributed by atoms with E-state index in [2.05, 4.69) is 44.3 Å². The molecule has 2 saturated carbocycles. The first-order valence-corrected chi connectivity index (χ1v) is 9.09. The van der Waals surface area contributed by atoms with Gasteiger partial charge in [-0.1, -0.05) is 24.6 Å². The van der Waals surface area contributed by atoms with E-state index in [9.17, 15) is 4.79 Å². The first-order valence-electron chi connectivity index (χ1n) is 9.09. The summed E-state index contributed by atoms with van der Waals surface area (Å²) in [6, 6.07) is 6.84. The highest BCUT2D eigenvalue weighted by Crippen LogP contribution is 2.42. The Kier molecular flexibility index (Phi) is 4.77. The van der Waals surface area contributed by atoms with Gasteiger partial charge in [-0.2, -0.15) is 0 Å². The predicted molar refractivity (Wildman–Crippen MR) is 94.0 cm³/mol. The first-order chi connectivity index (χ1) is 11.0. The molecular formula is C20H30N2O. The minimum Gasteiger partial charge on any atom is -0.349 e. The third-order valence-corrected chi connectivity index (χ3v) is 6.17. The second-order valence-corrected chi connectivity index (χ2v) is 7.77. The van der Waals surface area contributed by atoms with E-state index in [0.717, 1.165) is 12.8 Å². The fourth-order valence-corrected chi connectivity index (χ4v) is 4.45. The van der Waals surface area contributed by atoms with Crippen LogP contribution in [0.1, 0.15) is 61.8 Å². The molecular weight excluding hydrogens is 284 g/mol. The Bertz CT molecular complexity index is 569. The predicted octanol–water partition coefficient (Wildman–Crippen LogP) is 3.63. The molecule has 3 unspecified atom stereocenters. The van der Waals surface area contributed by atoms with Gasteiger partial charge in [-0.25, -0.2) is 0 Å². The largest absolute Gasteiger partial charge is 0.349 e. The fourth-order valence-electron chi connectivity index (χ4n) is 4.45. The summed E-state index contributed by atoms with van der Waals surface area (Å²) in [7, 11) is 0. The Morgan fingerprint density at radius 2 is 1.83 bits per heavy atom. The first kappa shape index (κ1) is 16.5. The molecule has 1 amide bonds. The average Bonchev–Trinajstić information content (AvgIpc) is 2.49. The highest BCUT2D eigenvalue weighted by atomic mass is 16.1. The van der Waals surface area contributed by atoms with Crippen molar-refractivity contribution in [1.29, 1.82) is 0 Å². The monoisotopic (exact) mass is 314 g/mol. The van der Waals surface area contributed by atoms with Gasteiger partial charge >= 0.3 is 0 Å². The molecule has 0 aromatic heterocycles. The molecule has 0 aliphatic heterocycles. The van der Waals surface area contributed by atoms with E-state index in [1.807, 2.05) is 0 Å². The van der Waals surface area contributed by atoms with Gasteiger partial charge in [-0.3, -0.25) is 4.79 Å². The van der Waals surface area contributed by atoms with E-state index >= 15 is 0 Å². The van der Waals surface area contributed by atoms with Crippen LogP contribution in [0.25, 0.3) is 0 Å². The number of carbonyl (C=O) groups excluding carboxylic acids is 1. The van der Waals surface area contributed by atoms with Crippen molar-refractivity contribution in [1.82, 2.24) is 5.32 Å². The van der Waals surface area contributed by atoms with Crippen molar-refractivity contribution in [2.45, 2.75) is 65.0 Å². The molecule has 3 atom stereocenters. The zero-order valence-corrected chi connectivity index (χ0v) is 14.6. The molecule has 3 rings (SSSR count). The Morgan fingerprint density at radius 1 is 1.17 bits per heavy atom. The lowest BCUT2D eigenvalue weighted by Gasteiger charge is -2.43. The van der Waals surface area contributed by atoms with Gasteiger partial charge in [0.15, 0.2) is 0 Å². The lowest BCUT2D eigenvalue weighted by Crippen LogP contribution is -2.49. The zero-order valence-electron chi connectivity index (χ0n) is 14.6. The molecule has 0 heterocycles. The summed E-state index contributed by atoms with van der Waals surface area (Å²) < 4.78 is 0. The topological polar surface area (TPSA) is 55.1 Å². The molecule has 2 fully saturated rings. The van der Waals surface area contributed by atoms with Gasteiger partial charge in [0.25, 0.3) is 0 Å². The lowest BCUT2D eigenvalue weighted by atomic mass is 9.65. The van der Waals surface area contributed by atoms with Crippen LogP contribution in [-0.4, -0.2) is 11.9 Å². The van der Waals surface area contributed by atoms with E-state index < -0.39 is 0 Å². The molecule has 3 N–H and O–H groups in total. The van der Waals surface area contributed by atoms with Crippen LogP contribution >= 0.6 is 0 Å². The molecule has 3 heteroatoms. The lowest BCUT2D eigenvalue weighted by molar-refractivity contribution is -0.128. The summed E-state index contributed by atoms with van der Waals surface area (Å²) in [4.78, 5) is 12.7. The van der Waals surface area contributed by atoms with Crippen molar-refractivity contribution < 1.29 is 4.79 Å². The van der Waals surface area contributed by atoms with Crippen LogP contribution in [0.2, 0.25) is 0 Å². The number of nitrogens with one attached hydrogen (secondary N) is 1. The quantitative estimate of drug-likeness (QED) is 0.895. The third kappa shape index (κ3) is 3.45. The second kappa shape index (κ2) is 6.64. The highest BCUT2D eigenvalue weighted by Gasteiger charge is 2.40. The fraction of sp³-hybridized carbons (Fsp3) is 0.650. The number of hydrogen-bond donors (Lipinski definition) is 2. The van der Waals surface area contributed by atoms with Crippen molar-refractivity contribution in [3.8, 4) is 0 Å². The van der Waals surface area contributed by atoms with Crippen LogP contribution in [0.15, 0.2) is 18.2 Å². The Hall–Kier alpha value is -1.35. The van der Waals surface area contributed by atoms with E-state index in [4.69, 9.17) is 5.73 Å². The van der Waals surface area contributed by atoms with Crippen molar-refractivity contribution in [2.75, 3.05) is 0 Å². The third-order valence-electron chi connectivity index (χ3n) is 6.17. The molecule has 2 aliphatic rings. The normalized spacial score (nSPS) is 31.5. The summed E-state index contributed by atoms with van der Waals surface area (Å²) in [5.41, 5.74) is 10.1. The maximum Gasteiger partial charge on any atom is 0.223 e.